The maximum atomic E-state index is 11.6. The van der Waals surface area contributed by atoms with Crippen molar-refractivity contribution < 1.29 is 14.3 Å². The molecular weight excluding hydrogens is 196 g/mol. The van der Waals surface area contributed by atoms with Crippen LogP contribution in [-0.2, 0) is 9.53 Å². The van der Waals surface area contributed by atoms with Crippen molar-refractivity contribution >= 4 is 12.0 Å². The number of nitrogens with one attached hydrogen (secondary N) is 1. The Hall–Kier alpha value is -1.26. The van der Waals surface area contributed by atoms with Gasteiger partial charge in [0.25, 0.3) is 0 Å². The number of carbonyl (C=O) groups excluding carboxylic acids is 2. The van der Waals surface area contributed by atoms with Crippen molar-refractivity contribution in [2.75, 3.05) is 20.7 Å². The molecule has 0 aromatic rings. The molecule has 0 aromatic heterocycles. The van der Waals surface area contributed by atoms with Crippen LogP contribution in [-0.4, -0.2) is 43.6 Å². The average molecular weight is 214 g/mol. The fraction of sp³-hybridized carbons (Fsp3) is 0.800. The smallest absolute Gasteiger partial charge is 0.325 e. The van der Waals surface area contributed by atoms with Crippen LogP contribution in [0.2, 0.25) is 0 Å². The highest BCUT2D eigenvalue weighted by molar-refractivity contribution is 5.81. The molecule has 1 aliphatic carbocycles. The first-order valence-corrected chi connectivity index (χ1v) is 5.24. The zero-order chi connectivity index (χ0) is 11.3. The van der Waals surface area contributed by atoms with Crippen molar-refractivity contribution in [3.05, 3.63) is 0 Å². The topological polar surface area (TPSA) is 58.6 Å². The van der Waals surface area contributed by atoms with E-state index < -0.39 is 0 Å². The number of amides is 2. The molecule has 5 heteroatoms. The predicted molar refractivity (Wildman–Crippen MR) is 55.4 cm³/mol. The standard InChI is InChI=1S/C10H18N2O3/c1-11-10(14)12(7-9(13)15-2)8-5-3-4-6-8/h8H,3-7H2,1-2H3,(H,11,14). The Morgan fingerprint density at radius 2 is 2.00 bits per heavy atom. The predicted octanol–water partition coefficient (Wildman–Crippen LogP) is 0.743. The van der Waals surface area contributed by atoms with Crippen LogP contribution in [0.15, 0.2) is 0 Å². The Bertz CT molecular complexity index is 237. The van der Waals surface area contributed by atoms with Gasteiger partial charge in [0.05, 0.1) is 7.11 Å². The number of ether oxygens (including phenoxy) is 1. The summed E-state index contributed by atoms with van der Waals surface area (Å²) in [6, 6.07) is -0.0173. The molecule has 1 rings (SSSR count). The number of esters is 1. The molecule has 0 aliphatic heterocycles. The molecule has 2 amide bonds. The van der Waals surface area contributed by atoms with Gasteiger partial charge in [-0.25, -0.2) is 4.79 Å². The zero-order valence-corrected chi connectivity index (χ0v) is 9.28. The number of rotatable bonds is 3. The van der Waals surface area contributed by atoms with Crippen LogP contribution in [0.1, 0.15) is 25.7 Å². The number of carbonyl (C=O) groups is 2. The molecule has 0 spiro atoms. The zero-order valence-electron chi connectivity index (χ0n) is 9.28. The Morgan fingerprint density at radius 1 is 1.40 bits per heavy atom. The van der Waals surface area contributed by atoms with Gasteiger partial charge < -0.3 is 15.0 Å². The Kier molecular flexibility index (Phi) is 4.39. The fourth-order valence-corrected chi connectivity index (χ4v) is 1.93. The lowest BCUT2D eigenvalue weighted by atomic mass is 10.2. The van der Waals surface area contributed by atoms with Gasteiger partial charge in [-0.3, -0.25) is 4.79 Å². The third-order valence-corrected chi connectivity index (χ3v) is 2.77. The maximum absolute atomic E-state index is 11.6. The van der Waals surface area contributed by atoms with Crippen LogP contribution in [0, 0.1) is 0 Å². The van der Waals surface area contributed by atoms with Gasteiger partial charge in [0, 0.05) is 13.1 Å². The fourth-order valence-electron chi connectivity index (χ4n) is 1.93. The molecule has 0 saturated heterocycles. The number of nitrogens with zero attached hydrogens (tertiary/aromatic N) is 1. The number of hydrogen-bond donors (Lipinski definition) is 1. The second-order valence-corrected chi connectivity index (χ2v) is 3.70. The monoisotopic (exact) mass is 214 g/mol. The van der Waals surface area contributed by atoms with Gasteiger partial charge in [-0.15, -0.1) is 0 Å². The normalized spacial score (nSPS) is 16.1. The van der Waals surface area contributed by atoms with Crippen molar-refractivity contribution in [3.63, 3.8) is 0 Å². The molecule has 0 heterocycles. The minimum Gasteiger partial charge on any atom is -0.468 e. The summed E-state index contributed by atoms with van der Waals surface area (Å²) in [4.78, 5) is 24.3. The summed E-state index contributed by atoms with van der Waals surface area (Å²) in [6.07, 6.45) is 4.20. The molecule has 1 saturated carbocycles. The highest BCUT2D eigenvalue weighted by Gasteiger charge is 2.27. The third-order valence-electron chi connectivity index (χ3n) is 2.77. The van der Waals surface area contributed by atoms with E-state index in [4.69, 9.17) is 0 Å². The second-order valence-electron chi connectivity index (χ2n) is 3.70. The average Bonchev–Trinajstić information content (AvgIpc) is 2.77. The van der Waals surface area contributed by atoms with E-state index in [0.717, 1.165) is 25.7 Å². The highest BCUT2D eigenvalue weighted by Crippen LogP contribution is 2.23. The molecule has 1 aliphatic rings. The summed E-state index contributed by atoms with van der Waals surface area (Å²) in [5.74, 6) is -0.370. The lowest BCUT2D eigenvalue weighted by Gasteiger charge is -2.27. The number of hydrogen-bond acceptors (Lipinski definition) is 3. The van der Waals surface area contributed by atoms with Crippen molar-refractivity contribution in [2.24, 2.45) is 0 Å². The van der Waals surface area contributed by atoms with E-state index in [1.165, 1.54) is 7.11 Å². The largest absolute Gasteiger partial charge is 0.468 e. The lowest BCUT2D eigenvalue weighted by Crippen LogP contribution is -2.46. The summed E-state index contributed by atoms with van der Waals surface area (Å²) < 4.78 is 4.57. The van der Waals surface area contributed by atoms with Crippen molar-refractivity contribution in [2.45, 2.75) is 31.7 Å². The molecular formula is C10H18N2O3. The van der Waals surface area contributed by atoms with Gasteiger partial charge in [-0.2, -0.15) is 0 Å². The minimum atomic E-state index is -0.370. The van der Waals surface area contributed by atoms with E-state index in [-0.39, 0.29) is 24.6 Å². The molecule has 1 N–H and O–H groups in total. The Balaban J connectivity index is 2.59. The number of methoxy groups -OCH3 is 1. The highest BCUT2D eigenvalue weighted by atomic mass is 16.5. The summed E-state index contributed by atoms with van der Waals surface area (Å²) in [5, 5.41) is 2.55. The van der Waals surface area contributed by atoms with Gasteiger partial charge in [0.2, 0.25) is 0 Å². The summed E-state index contributed by atoms with van der Waals surface area (Å²) in [7, 11) is 2.90. The first-order valence-electron chi connectivity index (χ1n) is 5.24. The van der Waals surface area contributed by atoms with E-state index in [2.05, 4.69) is 10.1 Å². The molecule has 5 nitrogen and oxygen atoms in total. The van der Waals surface area contributed by atoms with E-state index in [9.17, 15) is 9.59 Å². The Morgan fingerprint density at radius 3 is 2.47 bits per heavy atom. The Labute approximate surface area is 89.8 Å². The van der Waals surface area contributed by atoms with Crippen LogP contribution in [0.4, 0.5) is 4.79 Å². The van der Waals surface area contributed by atoms with E-state index in [1.54, 1.807) is 11.9 Å². The van der Waals surface area contributed by atoms with Gasteiger partial charge in [0.15, 0.2) is 0 Å². The maximum Gasteiger partial charge on any atom is 0.325 e. The van der Waals surface area contributed by atoms with E-state index in [1.807, 2.05) is 0 Å². The molecule has 15 heavy (non-hydrogen) atoms. The summed E-state index contributed by atoms with van der Waals surface area (Å²) in [5.41, 5.74) is 0. The van der Waals surface area contributed by atoms with Crippen LogP contribution in [0.5, 0.6) is 0 Å². The van der Waals surface area contributed by atoms with Crippen LogP contribution in [0.3, 0.4) is 0 Å². The SMILES string of the molecule is CNC(=O)N(CC(=O)OC)C1CCCC1. The van der Waals surface area contributed by atoms with Crippen LogP contribution in [0.25, 0.3) is 0 Å². The van der Waals surface area contributed by atoms with Crippen molar-refractivity contribution in [3.8, 4) is 0 Å². The molecule has 0 bridgehead atoms. The van der Waals surface area contributed by atoms with E-state index >= 15 is 0 Å². The van der Waals surface area contributed by atoms with Crippen LogP contribution < -0.4 is 5.32 Å². The van der Waals surface area contributed by atoms with E-state index in [0.29, 0.717) is 0 Å². The minimum absolute atomic E-state index is 0.0425. The molecule has 86 valence electrons. The first kappa shape index (κ1) is 11.8. The molecule has 0 atom stereocenters. The second kappa shape index (κ2) is 5.58. The third kappa shape index (κ3) is 3.11. The lowest BCUT2D eigenvalue weighted by molar-refractivity contribution is -0.141. The molecule has 0 radical (unpaired) electrons. The summed E-state index contributed by atoms with van der Waals surface area (Å²) >= 11 is 0. The van der Waals surface area contributed by atoms with Gasteiger partial charge in [0.1, 0.15) is 6.54 Å². The van der Waals surface area contributed by atoms with Crippen molar-refractivity contribution in [1.29, 1.82) is 0 Å². The van der Waals surface area contributed by atoms with Gasteiger partial charge in [-0.1, -0.05) is 12.8 Å². The molecule has 0 unspecified atom stereocenters. The number of urea groups is 1. The molecule has 0 aromatic carbocycles. The summed E-state index contributed by atoms with van der Waals surface area (Å²) in [6.45, 7) is 0.0425. The van der Waals surface area contributed by atoms with Gasteiger partial charge in [-0.05, 0) is 12.8 Å². The molecule has 1 fully saturated rings. The quantitative estimate of drug-likeness (QED) is 0.705. The van der Waals surface area contributed by atoms with Gasteiger partial charge >= 0.3 is 12.0 Å². The van der Waals surface area contributed by atoms with Crippen molar-refractivity contribution in [1.82, 2.24) is 10.2 Å². The van der Waals surface area contributed by atoms with Crippen LogP contribution >= 0.6 is 0 Å². The first-order chi connectivity index (χ1) is 7.19.